The second-order valence-electron chi connectivity index (χ2n) is 5.79. The van der Waals surface area contributed by atoms with Gasteiger partial charge in [0, 0.05) is 42.2 Å². The van der Waals surface area contributed by atoms with Crippen molar-refractivity contribution in [3.05, 3.63) is 51.7 Å². The fourth-order valence-electron chi connectivity index (χ4n) is 2.65. The van der Waals surface area contributed by atoms with Gasteiger partial charge in [0.15, 0.2) is 0 Å². The van der Waals surface area contributed by atoms with Crippen molar-refractivity contribution < 1.29 is 4.79 Å². The van der Waals surface area contributed by atoms with Crippen LogP contribution in [0.25, 0.3) is 6.08 Å². The van der Waals surface area contributed by atoms with Crippen LogP contribution in [0.1, 0.15) is 4.88 Å². The fraction of sp³-hybridized carbons (Fsp3) is 0.278. The number of amides is 1. The van der Waals surface area contributed by atoms with Crippen LogP contribution in [0, 0.1) is 0 Å². The molecule has 0 unspecified atom stereocenters. The van der Waals surface area contributed by atoms with E-state index in [-0.39, 0.29) is 5.91 Å². The van der Waals surface area contributed by atoms with Gasteiger partial charge in [-0.1, -0.05) is 17.7 Å². The van der Waals surface area contributed by atoms with Gasteiger partial charge in [-0.3, -0.25) is 4.79 Å². The van der Waals surface area contributed by atoms with Crippen molar-refractivity contribution >= 4 is 46.3 Å². The Bertz CT molecular complexity index is 722. The third-order valence-corrected chi connectivity index (χ3v) is 5.08. The second kappa shape index (κ2) is 7.83. The van der Waals surface area contributed by atoms with Crippen LogP contribution in [0.2, 0.25) is 5.02 Å². The molecule has 1 N–H and O–H groups in total. The summed E-state index contributed by atoms with van der Waals surface area (Å²) in [6, 6.07) is 9.60. The van der Waals surface area contributed by atoms with Crippen LogP contribution in [-0.2, 0) is 4.79 Å². The number of hydrogen-bond donors (Lipinski definition) is 1. The van der Waals surface area contributed by atoms with Crippen LogP contribution in [-0.4, -0.2) is 44.0 Å². The van der Waals surface area contributed by atoms with E-state index < -0.39 is 0 Å². The van der Waals surface area contributed by atoms with Crippen LogP contribution >= 0.6 is 22.9 Å². The van der Waals surface area contributed by atoms with Crippen LogP contribution in [0.5, 0.6) is 0 Å². The van der Waals surface area contributed by atoms with Gasteiger partial charge in [-0.15, -0.1) is 11.3 Å². The molecular formula is C18H20ClN3OS. The zero-order valence-electron chi connectivity index (χ0n) is 13.5. The monoisotopic (exact) mass is 361 g/mol. The highest BCUT2D eigenvalue weighted by atomic mass is 35.5. The van der Waals surface area contributed by atoms with Crippen molar-refractivity contribution in [1.82, 2.24) is 4.90 Å². The molecule has 0 spiro atoms. The maximum atomic E-state index is 12.2. The Hall–Kier alpha value is -1.82. The number of hydrogen-bond acceptors (Lipinski definition) is 4. The van der Waals surface area contributed by atoms with Crippen molar-refractivity contribution in [2.24, 2.45) is 0 Å². The molecule has 0 aliphatic carbocycles. The first-order chi connectivity index (χ1) is 11.6. The van der Waals surface area contributed by atoms with E-state index >= 15 is 0 Å². The number of piperazine rings is 1. The average molecular weight is 362 g/mol. The molecule has 1 aliphatic heterocycles. The van der Waals surface area contributed by atoms with Crippen LogP contribution < -0.4 is 10.2 Å². The lowest BCUT2D eigenvalue weighted by Crippen LogP contribution is -2.44. The summed E-state index contributed by atoms with van der Waals surface area (Å²) >= 11 is 7.73. The molecule has 0 atom stereocenters. The van der Waals surface area contributed by atoms with Crippen LogP contribution in [0.3, 0.4) is 0 Å². The maximum absolute atomic E-state index is 12.2. The van der Waals surface area contributed by atoms with Gasteiger partial charge in [0.25, 0.3) is 0 Å². The Morgan fingerprint density at radius 1 is 1.25 bits per heavy atom. The topological polar surface area (TPSA) is 35.6 Å². The van der Waals surface area contributed by atoms with E-state index in [1.54, 1.807) is 17.4 Å². The predicted molar refractivity (Wildman–Crippen MR) is 103 cm³/mol. The van der Waals surface area contributed by atoms with Gasteiger partial charge in [0.1, 0.15) is 0 Å². The highest BCUT2D eigenvalue weighted by Gasteiger charge is 2.18. The van der Waals surface area contributed by atoms with Gasteiger partial charge in [0.2, 0.25) is 5.91 Å². The molecule has 2 aromatic rings. The Morgan fingerprint density at radius 2 is 2.04 bits per heavy atom. The van der Waals surface area contributed by atoms with E-state index in [9.17, 15) is 4.79 Å². The molecule has 1 aromatic carbocycles. The quantitative estimate of drug-likeness (QED) is 0.841. The Morgan fingerprint density at radius 3 is 2.75 bits per heavy atom. The first kappa shape index (κ1) is 17.0. The van der Waals surface area contributed by atoms with Gasteiger partial charge in [-0.2, -0.15) is 0 Å². The van der Waals surface area contributed by atoms with E-state index in [1.807, 2.05) is 41.8 Å². The molecule has 0 bridgehead atoms. The van der Waals surface area contributed by atoms with Gasteiger partial charge in [0.05, 0.1) is 11.4 Å². The number of carbonyl (C=O) groups is 1. The third kappa shape index (κ3) is 4.38. The van der Waals surface area contributed by atoms with Gasteiger partial charge >= 0.3 is 0 Å². The number of nitrogens with one attached hydrogen (secondary N) is 1. The van der Waals surface area contributed by atoms with Gasteiger partial charge in [-0.05, 0) is 42.8 Å². The summed E-state index contributed by atoms with van der Waals surface area (Å²) in [7, 11) is 2.12. The molecule has 1 amide bonds. The van der Waals surface area contributed by atoms with Crippen LogP contribution in [0.15, 0.2) is 41.8 Å². The molecule has 6 heteroatoms. The lowest BCUT2D eigenvalue weighted by Gasteiger charge is -2.35. The number of halogens is 1. The maximum Gasteiger partial charge on any atom is 0.248 e. The first-order valence-electron chi connectivity index (χ1n) is 7.87. The summed E-state index contributed by atoms with van der Waals surface area (Å²) in [5.74, 6) is -0.152. The molecule has 3 rings (SSSR count). The number of rotatable bonds is 4. The molecule has 24 heavy (non-hydrogen) atoms. The molecule has 0 saturated carbocycles. The van der Waals surface area contributed by atoms with Crippen molar-refractivity contribution in [3.8, 4) is 0 Å². The van der Waals surface area contributed by atoms with Crippen molar-refractivity contribution in [3.63, 3.8) is 0 Å². The molecule has 1 saturated heterocycles. The van der Waals surface area contributed by atoms with Crippen LogP contribution in [0.4, 0.5) is 11.4 Å². The lowest BCUT2D eigenvalue weighted by molar-refractivity contribution is -0.111. The summed E-state index contributed by atoms with van der Waals surface area (Å²) in [6.45, 7) is 3.89. The molecule has 4 nitrogen and oxygen atoms in total. The molecule has 126 valence electrons. The smallest absolute Gasteiger partial charge is 0.248 e. The van der Waals surface area contributed by atoms with E-state index in [4.69, 9.17) is 11.6 Å². The number of likely N-dealkylation sites (N-methyl/N-ethyl adjacent to an activating group) is 1. The normalized spacial score (nSPS) is 15.8. The highest BCUT2D eigenvalue weighted by Crippen LogP contribution is 2.30. The third-order valence-electron chi connectivity index (χ3n) is 4.00. The standard InChI is InChI=1S/C18H20ClN3OS/c1-21-8-10-22(11-9-21)17-6-4-14(19)13-16(17)20-18(23)7-5-15-3-2-12-24-15/h2-7,12-13H,8-11H2,1H3,(H,20,23)/b7-5+. The van der Waals surface area contributed by atoms with E-state index in [1.165, 1.54) is 0 Å². The van der Waals surface area contributed by atoms with Crippen molar-refractivity contribution in [2.75, 3.05) is 43.4 Å². The fourth-order valence-corrected chi connectivity index (χ4v) is 3.44. The lowest BCUT2D eigenvalue weighted by atomic mass is 10.2. The van der Waals surface area contributed by atoms with Gasteiger partial charge < -0.3 is 15.1 Å². The average Bonchev–Trinajstić information content (AvgIpc) is 3.08. The first-order valence-corrected chi connectivity index (χ1v) is 9.13. The molecule has 2 heterocycles. The minimum atomic E-state index is -0.152. The molecule has 1 aliphatic rings. The molecule has 1 fully saturated rings. The predicted octanol–water partition coefficient (Wildman–Crippen LogP) is 3.81. The number of nitrogens with zero attached hydrogens (tertiary/aromatic N) is 2. The van der Waals surface area contributed by atoms with E-state index in [0.29, 0.717) is 5.02 Å². The van der Waals surface area contributed by atoms with E-state index in [2.05, 4.69) is 22.2 Å². The number of carbonyl (C=O) groups excluding carboxylic acids is 1. The van der Waals surface area contributed by atoms with E-state index in [0.717, 1.165) is 42.4 Å². The molecular weight excluding hydrogens is 342 g/mol. The van der Waals surface area contributed by atoms with Crippen molar-refractivity contribution in [1.29, 1.82) is 0 Å². The Balaban J connectivity index is 1.74. The summed E-state index contributed by atoms with van der Waals surface area (Å²) < 4.78 is 0. The molecule has 0 radical (unpaired) electrons. The minimum Gasteiger partial charge on any atom is -0.367 e. The zero-order valence-corrected chi connectivity index (χ0v) is 15.1. The summed E-state index contributed by atoms with van der Waals surface area (Å²) in [5, 5.41) is 5.56. The Labute approximate surface area is 151 Å². The summed E-state index contributed by atoms with van der Waals surface area (Å²) in [4.78, 5) is 17.9. The molecule has 1 aromatic heterocycles. The minimum absolute atomic E-state index is 0.152. The zero-order chi connectivity index (χ0) is 16.9. The number of thiophene rings is 1. The largest absolute Gasteiger partial charge is 0.367 e. The van der Waals surface area contributed by atoms with Gasteiger partial charge in [-0.25, -0.2) is 0 Å². The SMILES string of the molecule is CN1CCN(c2ccc(Cl)cc2NC(=O)/C=C/c2cccs2)CC1. The van der Waals surface area contributed by atoms with Crippen molar-refractivity contribution in [2.45, 2.75) is 0 Å². The number of anilines is 2. The highest BCUT2D eigenvalue weighted by molar-refractivity contribution is 7.10. The second-order valence-corrected chi connectivity index (χ2v) is 7.21. The number of benzene rings is 1. The summed E-state index contributed by atoms with van der Waals surface area (Å²) in [5.41, 5.74) is 1.78. The summed E-state index contributed by atoms with van der Waals surface area (Å²) in [6.07, 6.45) is 3.38. The Kier molecular flexibility index (Phi) is 5.56.